The van der Waals surface area contributed by atoms with Gasteiger partial charge in [-0.25, -0.2) is 0 Å². The van der Waals surface area contributed by atoms with Gasteiger partial charge in [0.25, 0.3) is 0 Å². The maximum absolute atomic E-state index is 13.0. The number of carboxylic acid groups (broad SMARTS) is 1. The van der Waals surface area contributed by atoms with Crippen LogP contribution in [0.4, 0.5) is 5.69 Å². The lowest BCUT2D eigenvalue weighted by atomic mass is 9.89. The van der Waals surface area contributed by atoms with Crippen molar-refractivity contribution in [3.8, 4) is 0 Å². The summed E-state index contributed by atoms with van der Waals surface area (Å²) in [7, 11) is 0. The second-order valence-electron chi connectivity index (χ2n) is 7.94. The van der Waals surface area contributed by atoms with E-state index in [-0.39, 0.29) is 17.9 Å². The van der Waals surface area contributed by atoms with Gasteiger partial charge in [0.05, 0.1) is 5.92 Å². The lowest BCUT2D eigenvalue weighted by molar-refractivity contribution is -0.151. The van der Waals surface area contributed by atoms with E-state index in [0.717, 1.165) is 5.69 Å². The molecule has 146 valence electrons. The third-order valence-electron chi connectivity index (χ3n) is 5.96. The number of piperidine rings is 1. The van der Waals surface area contributed by atoms with Gasteiger partial charge in [0, 0.05) is 24.8 Å². The van der Waals surface area contributed by atoms with Crippen molar-refractivity contribution >= 4 is 23.5 Å². The molecule has 2 amide bonds. The topological polar surface area (TPSA) is 77.9 Å². The average Bonchev–Trinajstić information content (AvgIpc) is 3.02. The minimum Gasteiger partial charge on any atom is -0.481 e. The molecule has 1 N–H and O–H groups in total. The van der Waals surface area contributed by atoms with Gasteiger partial charge >= 0.3 is 5.97 Å². The van der Waals surface area contributed by atoms with Gasteiger partial charge < -0.3 is 14.9 Å². The molecule has 0 bridgehead atoms. The summed E-state index contributed by atoms with van der Waals surface area (Å²) in [6.45, 7) is 7.05. The molecule has 0 saturated carbocycles. The van der Waals surface area contributed by atoms with Gasteiger partial charge in [0.15, 0.2) is 0 Å². The van der Waals surface area contributed by atoms with Crippen LogP contribution in [-0.4, -0.2) is 46.9 Å². The van der Waals surface area contributed by atoms with E-state index < -0.39 is 17.8 Å². The Balaban J connectivity index is 1.72. The van der Waals surface area contributed by atoms with E-state index in [2.05, 4.69) is 13.8 Å². The number of rotatable bonds is 4. The van der Waals surface area contributed by atoms with Gasteiger partial charge in [-0.2, -0.15) is 0 Å². The zero-order valence-electron chi connectivity index (χ0n) is 16.2. The highest BCUT2D eigenvalue weighted by atomic mass is 16.4. The Hall–Kier alpha value is -2.37. The minimum atomic E-state index is -0.871. The van der Waals surface area contributed by atoms with E-state index in [1.165, 1.54) is 5.56 Å². The predicted octanol–water partition coefficient (Wildman–Crippen LogP) is 2.87. The number of amides is 2. The monoisotopic (exact) mass is 372 g/mol. The minimum absolute atomic E-state index is 0.179. The van der Waals surface area contributed by atoms with Crippen LogP contribution in [0, 0.1) is 11.8 Å². The molecule has 1 aromatic rings. The molecular formula is C21H28N2O4. The van der Waals surface area contributed by atoms with Crippen molar-refractivity contribution in [3.05, 3.63) is 29.8 Å². The van der Waals surface area contributed by atoms with Crippen LogP contribution in [0.15, 0.2) is 24.3 Å². The smallest absolute Gasteiger partial charge is 0.308 e. The van der Waals surface area contributed by atoms with Crippen LogP contribution in [0.25, 0.3) is 0 Å². The van der Waals surface area contributed by atoms with Crippen LogP contribution >= 0.6 is 0 Å². The predicted molar refractivity (Wildman–Crippen MR) is 103 cm³/mol. The zero-order chi connectivity index (χ0) is 19.7. The summed E-state index contributed by atoms with van der Waals surface area (Å²) >= 11 is 0. The first-order chi connectivity index (χ1) is 12.8. The van der Waals surface area contributed by atoms with Gasteiger partial charge in [-0.1, -0.05) is 26.0 Å². The summed E-state index contributed by atoms with van der Waals surface area (Å²) in [6.07, 6.45) is 1.71. The Labute approximate surface area is 160 Å². The molecule has 2 saturated heterocycles. The van der Waals surface area contributed by atoms with E-state index in [4.69, 9.17) is 0 Å². The molecule has 0 spiro atoms. The first-order valence-corrected chi connectivity index (χ1v) is 9.76. The summed E-state index contributed by atoms with van der Waals surface area (Å²) in [5, 5.41) is 9.36. The Morgan fingerprint density at radius 3 is 2.37 bits per heavy atom. The van der Waals surface area contributed by atoms with Crippen LogP contribution in [0.2, 0.25) is 0 Å². The number of nitrogens with zero attached hydrogens (tertiary/aromatic N) is 2. The number of carboxylic acids is 1. The highest BCUT2D eigenvalue weighted by Gasteiger charge is 2.43. The molecule has 0 aromatic heterocycles. The summed E-state index contributed by atoms with van der Waals surface area (Å²) in [5.41, 5.74) is 2.02. The van der Waals surface area contributed by atoms with E-state index in [1.54, 1.807) is 16.7 Å². The summed E-state index contributed by atoms with van der Waals surface area (Å²) in [6, 6.07) is 7.53. The molecule has 2 heterocycles. The third-order valence-corrected chi connectivity index (χ3v) is 5.96. The van der Waals surface area contributed by atoms with Gasteiger partial charge in [-0.3, -0.25) is 14.4 Å². The molecule has 2 aliphatic heterocycles. The molecule has 0 aliphatic carbocycles. The number of anilines is 1. The lowest BCUT2D eigenvalue weighted by Crippen LogP contribution is -2.52. The average molecular weight is 372 g/mol. The van der Waals surface area contributed by atoms with Crippen LogP contribution in [0.5, 0.6) is 0 Å². The molecule has 2 aliphatic rings. The molecule has 3 atom stereocenters. The van der Waals surface area contributed by atoms with Gasteiger partial charge in [-0.05, 0) is 49.8 Å². The highest BCUT2D eigenvalue weighted by molar-refractivity contribution is 6.09. The van der Waals surface area contributed by atoms with E-state index in [9.17, 15) is 19.5 Å². The summed E-state index contributed by atoms with van der Waals surface area (Å²) in [4.78, 5) is 40.6. The van der Waals surface area contributed by atoms with Gasteiger partial charge in [0.2, 0.25) is 11.8 Å². The first-order valence-electron chi connectivity index (χ1n) is 9.76. The Kier molecular flexibility index (Phi) is 5.53. The maximum Gasteiger partial charge on any atom is 0.308 e. The molecule has 6 heteroatoms. The number of likely N-dealkylation sites (tertiary alicyclic amines) is 1. The van der Waals surface area contributed by atoms with Crippen molar-refractivity contribution < 1.29 is 19.5 Å². The molecule has 6 nitrogen and oxygen atoms in total. The maximum atomic E-state index is 13.0. The highest BCUT2D eigenvalue weighted by Crippen LogP contribution is 2.31. The van der Waals surface area contributed by atoms with Gasteiger partial charge in [0.1, 0.15) is 5.92 Å². The van der Waals surface area contributed by atoms with Crippen molar-refractivity contribution in [3.63, 3.8) is 0 Å². The molecule has 27 heavy (non-hydrogen) atoms. The summed E-state index contributed by atoms with van der Waals surface area (Å²) < 4.78 is 0. The molecule has 1 unspecified atom stereocenters. The number of benzene rings is 1. The lowest BCUT2D eigenvalue weighted by Gasteiger charge is -2.38. The third kappa shape index (κ3) is 3.70. The number of carbonyl (C=O) groups excluding carboxylic acids is 2. The molecular weight excluding hydrogens is 344 g/mol. The molecule has 3 rings (SSSR count). The largest absolute Gasteiger partial charge is 0.481 e. The number of carbonyl (C=O) groups is 3. The molecule has 1 aromatic carbocycles. The standard InChI is InChI=1S/C21H28N2O4/c1-13(2)15-6-8-16(9-7-15)23-12-10-18(20(23)25)19(24)22-11-4-5-17(14(22)3)21(26)27/h6-9,13-14,17-18H,4-5,10-12H2,1-3H3,(H,26,27)/t14-,17-,18?/m0/s1. The fourth-order valence-electron chi connectivity index (χ4n) is 4.19. The van der Waals surface area contributed by atoms with E-state index in [0.29, 0.717) is 38.3 Å². The van der Waals surface area contributed by atoms with E-state index >= 15 is 0 Å². The Morgan fingerprint density at radius 2 is 1.78 bits per heavy atom. The Morgan fingerprint density at radius 1 is 1.11 bits per heavy atom. The Bertz CT molecular complexity index is 728. The van der Waals surface area contributed by atoms with Crippen molar-refractivity contribution in [2.24, 2.45) is 11.8 Å². The second kappa shape index (κ2) is 7.71. The quantitative estimate of drug-likeness (QED) is 0.825. The normalized spacial score (nSPS) is 25.9. The molecule has 0 radical (unpaired) electrons. The van der Waals surface area contributed by atoms with Gasteiger partial charge in [-0.15, -0.1) is 0 Å². The fraction of sp³-hybridized carbons (Fsp3) is 0.571. The van der Waals surface area contributed by atoms with Crippen molar-refractivity contribution in [2.75, 3.05) is 18.0 Å². The van der Waals surface area contributed by atoms with Crippen LogP contribution in [0.3, 0.4) is 0 Å². The van der Waals surface area contributed by atoms with Crippen LogP contribution in [-0.2, 0) is 14.4 Å². The SMILES string of the molecule is CC(C)c1ccc(N2CCC(C(=O)N3CCC[C@H](C(=O)O)[C@@H]3C)C2=O)cc1. The zero-order valence-corrected chi connectivity index (χ0v) is 16.2. The molecule has 2 fully saturated rings. The summed E-state index contributed by atoms with van der Waals surface area (Å²) in [5.74, 6) is -2.11. The first kappa shape index (κ1) is 19.4. The number of hydrogen-bond donors (Lipinski definition) is 1. The van der Waals surface area contributed by atoms with Crippen molar-refractivity contribution in [2.45, 2.75) is 52.0 Å². The van der Waals surface area contributed by atoms with E-state index in [1.807, 2.05) is 24.3 Å². The number of hydrogen-bond acceptors (Lipinski definition) is 3. The van der Waals surface area contributed by atoms with Crippen LogP contribution in [0.1, 0.15) is 51.5 Å². The fourth-order valence-corrected chi connectivity index (χ4v) is 4.19. The van der Waals surface area contributed by atoms with Crippen LogP contribution < -0.4 is 4.90 Å². The number of aliphatic carboxylic acids is 1. The van der Waals surface area contributed by atoms with Crippen molar-refractivity contribution in [1.82, 2.24) is 4.90 Å². The second-order valence-corrected chi connectivity index (χ2v) is 7.94. The van der Waals surface area contributed by atoms with Crippen molar-refractivity contribution in [1.29, 1.82) is 0 Å².